The molecule has 0 aliphatic carbocycles. The van der Waals surface area contributed by atoms with Gasteiger partial charge >= 0.3 is 6.09 Å². The number of ether oxygens (including phenoxy) is 1. The van der Waals surface area contributed by atoms with Crippen molar-refractivity contribution in [2.24, 2.45) is 0 Å². The Kier molecular flexibility index (Phi) is 10.0. The number of hydrogen-bond donors (Lipinski definition) is 3. The highest BCUT2D eigenvalue weighted by Crippen LogP contribution is 2.28. The molecule has 0 aliphatic heterocycles. The third kappa shape index (κ3) is 8.18. The molecule has 200 valence electrons. The highest BCUT2D eigenvalue weighted by molar-refractivity contribution is 6.00. The molecule has 0 radical (unpaired) electrons. The third-order valence-corrected chi connectivity index (χ3v) is 5.63. The van der Waals surface area contributed by atoms with Crippen LogP contribution in [0.5, 0.6) is 0 Å². The van der Waals surface area contributed by atoms with Gasteiger partial charge in [0.15, 0.2) is 0 Å². The predicted octanol–water partition coefficient (Wildman–Crippen LogP) is 4.50. The average molecular weight is 510 g/mol. The minimum absolute atomic E-state index is 0.00314. The van der Waals surface area contributed by atoms with E-state index in [-0.39, 0.29) is 6.54 Å². The minimum atomic E-state index is -1.32. The quantitative estimate of drug-likeness (QED) is 0.432. The number of benzene rings is 2. The molecule has 0 heterocycles. The van der Waals surface area contributed by atoms with Crippen molar-refractivity contribution in [3.05, 3.63) is 76.9 Å². The number of carbonyl (C=O) groups is 3. The Morgan fingerprint density at radius 3 is 2.11 bits per heavy atom. The van der Waals surface area contributed by atoms with Gasteiger partial charge in [0, 0.05) is 12.2 Å². The second-order valence-corrected chi connectivity index (χ2v) is 10.2. The standard InChI is InChI=1S/C29H39N3O5/c1-9-13-32(27(35)23(17-33)30-28(36)37-29(6,7)8)25(22-15-18(2)14-19(3)16-22)26(34)31-24-20(4)11-10-12-21(24)5/h9-12,14-16,23,25,33H,1,13,17H2,2-8H3,(H,30,36)(H,31,34). The fourth-order valence-corrected chi connectivity index (χ4v) is 4.14. The fraction of sp³-hybridized carbons (Fsp3) is 0.414. The van der Waals surface area contributed by atoms with Gasteiger partial charge in [-0.2, -0.15) is 0 Å². The Morgan fingerprint density at radius 1 is 1.05 bits per heavy atom. The van der Waals surface area contributed by atoms with E-state index in [2.05, 4.69) is 17.2 Å². The molecule has 3 amide bonds. The van der Waals surface area contributed by atoms with Crippen LogP contribution in [0.1, 0.15) is 54.6 Å². The number of hydrogen-bond acceptors (Lipinski definition) is 5. The van der Waals surface area contributed by atoms with Crippen molar-refractivity contribution in [2.75, 3.05) is 18.5 Å². The summed E-state index contributed by atoms with van der Waals surface area (Å²) in [5.74, 6) is -1.07. The van der Waals surface area contributed by atoms with E-state index in [4.69, 9.17) is 4.74 Å². The number of nitrogens with one attached hydrogen (secondary N) is 2. The van der Waals surface area contributed by atoms with Crippen LogP contribution in [0.4, 0.5) is 10.5 Å². The van der Waals surface area contributed by atoms with Crippen LogP contribution >= 0.6 is 0 Å². The molecule has 0 aliphatic rings. The smallest absolute Gasteiger partial charge is 0.408 e. The summed E-state index contributed by atoms with van der Waals surface area (Å²) in [4.78, 5) is 41.3. The van der Waals surface area contributed by atoms with E-state index in [0.717, 1.165) is 22.3 Å². The molecule has 8 heteroatoms. The van der Waals surface area contributed by atoms with E-state index in [1.165, 1.54) is 11.0 Å². The summed E-state index contributed by atoms with van der Waals surface area (Å²) in [5.41, 5.74) is 4.10. The van der Waals surface area contributed by atoms with Gasteiger partial charge in [0.1, 0.15) is 17.7 Å². The Morgan fingerprint density at radius 2 is 1.62 bits per heavy atom. The summed E-state index contributed by atoms with van der Waals surface area (Å²) < 4.78 is 5.26. The molecule has 0 fully saturated rings. The largest absolute Gasteiger partial charge is 0.444 e. The van der Waals surface area contributed by atoms with E-state index in [1.54, 1.807) is 20.8 Å². The van der Waals surface area contributed by atoms with E-state index >= 15 is 0 Å². The van der Waals surface area contributed by atoms with Crippen LogP contribution in [-0.4, -0.2) is 52.7 Å². The molecule has 3 N–H and O–H groups in total. The van der Waals surface area contributed by atoms with Gasteiger partial charge in [0.05, 0.1) is 6.61 Å². The monoisotopic (exact) mass is 509 g/mol. The van der Waals surface area contributed by atoms with Gasteiger partial charge < -0.3 is 25.4 Å². The first-order valence-corrected chi connectivity index (χ1v) is 12.2. The summed E-state index contributed by atoms with van der Waals surface area (Å²) in [7, 11) is 0. The number of amides is 3. The summed E-state index contributed by atoms with van der Waals surface area (Å²) >= 11 is 0. The van der Waals surface area contributed by atoms with Gasteiger partial charge in [-0.15, -0.1) is 6.58 Å². The van der Waals surface area contributed by atoms with E-state index in [0.29, 0.717) is 11.3 Å². The molecular formula is C29H39N3O5. The summed E-state index contributed by atoms with van der Waals surface area (Å²) in [6.07, 6.45) is 0.656. The summed E-state index contributed by atoms with van der Waals surface area (Å²) in [6.45, 7) is 15.8. The molecular weight excluding hydrogens is 470 g/mol. The number of aryl methyl sites for hydroxylation is 4. The molecule has 2 rings (SSSR count). The number of para-hydroxylation sites is 1. The maximum atomic E-state index is 13.9. The number of anilines is 1. The van der Waals surface area contributed by atoms with E-state index in [1.807, 2.05) is 64.1 Å². The summed E-state index contributed by atoms with van der Waals surface area (Å²) in [6, 6.07) is 8.99. The Balaban J connectivity index is 2.54. The van der Waals surface area contributed by atoms with Crippen molar-refractivity contribution in [2.45, 2.75) is 66.2 Å². The normalized spacial score (nSPS) is 12.8. The van der Waals surface area contributed by atoms with Crippen LogP contribution in [0.15, 0.2) is 49.1 Å². The minimum Gasteiger partial charge on any atom is -0.444 e. The second kappa shape index (κ2) is 12.5. The first-order valence-electron chi connectivity index (χ1n) is 12.2. The molecule has 2 unspecified atom stereocenters. The first-order chi connectivity index (χ1) is 17.3. The Labute approximate surface area is 219 Å². The zero-order valence-corrected chi connectivity index (χ0v) is 22.8. The van der Waals surface area contributed by atoms with Crippen LogP contribution in [0.25, 0.3) is 0 Å². The zero-order chi connectivity index (χ0) is 27.9. The number of rotatable bonds is 9. The SMILES string of the molecule is C=CCN(C(=O)C(CO)NC(=O)OC(C)(C)C)C(C(=O)Nc1c(C)cccc1C)c1cc(C)cc(C)c1. The number of carbonyl (C=O) groups excluding carboxylic acids is 3. The lowest BCUT2D eigenvalue weighted by atomic mass is 9.98. The van der Waals surface area contributed by atoms with Gasteiger partial charge in [-0.25, -0.2) is 4.79 Å². The Bertz CT molecular complexity index is 1110. The van der Waals surface area contributed by atoms with Gasteiger partial charge in [0.25, 0.3) is 5.91 Å². The molecule has 8 nitrogen and oxygen atoms in total. The second-order valence-electron chi connectivity index (χ2n) is 10.2. The molecule has 0 saturated carbocycles. The third-order valence-electron chi connectivity index (χ3n) is 5.63. The summed E-state index contributed by atoms with van der Waals surface area (Å²) in [5, 5.41) is 15.4. The molecule has 0 bridgehead atoms. The molecule has 2 aromatic rings. The van der Waals surface area contributed by atoms with Crippen molar-refractivity contribution in [3.63, 3.8) is 0 Å². The van der Waals surface area contributed by atoms with Crippen LogP contribution in [0, 0.1) is 27.7 Å². The average Bonchev–Trinajstić information content (AvgIpc) is 2.77. The maximum absolute atomic E-state index is 13.9. The lowest BCUT2D eigenvalue weighted by molar-refractivity contribution is -0.140. The molecule has 0 saturated heterocycles. The molecule has 0 aromatic heterocycles. The van der Waals surface area contributed by atoms with Crippen LogP contribution in [0.2, 0.25) is 0 Å². The topological polar surface area (TPSA) is 108 Å². The van der Waals surface area contributed by atoms with Gasteiger partial charge in [-0.05, 0) is 65.2 Å². The van der Waals surface area contributed by atoms with Gasteiger partial charge in [-0.3, -0.25) is 9.59 Å². The fourth-order valence-electron chi connectivity index (χ4n) is 4.14. The Hall–Kier alpha value is -3.65. The lowest BCUT2D eigenvalue weighted by Gasteiger charge is -2.34. The van der Waals surface area contributed by atoms with Crippen molar-refractivity contribution < 1.29 is 24.2 Å². The number of nitrogens with zero attached hydrogens (tertiary/aromatic N) is 1. The van der Waals surface area contributed by atoms with E-state index < -0.39 is 42.2 Å². The van der Waals surface area contributed by atoms with Crippen LogP contribution < -0.4 is 10.6 Å². The first kappa shape index (κ1) is 29.6. The predicted molar refractivity (Wildman–Crippen MR) is 145 cm³/mol. The van der Waals surface area contributed by atoms with E-state index in [9.17, 15) is 19.5 Å². The van der Waals surface area contributed by atoms with Crippen LogP contribution in [-0.2, 0) is 14.3 Å². The van der Waals surface area contributed by atoms with Crippen molar-refractivity contribution in [3.8, 4) is 0 Å². The number of aliphatic hydroxyl groups is 1. The lowest BCUT2D eigenvalue weighted by Crippen LogP contribution is -2.54. The molecule has 0 spiro atoms. The number of aliphatic hydroxyl groups excluding tert-OH is 1. The van der Waals surface area contributed by atoms with Gasteiger partial charge in [-0.1, -0.05) is 53.6 Å². The van der Waals surface area contributed by atoms with Crippen molar-refractivity contribution in [1.29, 1.82) is 0 Å². The highest BCUT2D eigenvalue weighted by Gasteiger charge is 2.36. The maximum Gasteiger partial charge on any atom is 0.408 e. The van der Waals surface area contributed by atoms with Crippen molar-refractivity contribution >= 4 is 23.6 Å². The molecule has 2 atom stereocenters. The zero-order valence-electron chi connectivity index (χ0n) is 22.8. The molecule has 37 heavy (non-hydrogen) atoms. The van der Waals surface area contributed by atoms with Crippen molar-refractivity contribution in [1.82, 2.24) is 10.2 Å². The van der Waals surface area contributed by atoms with Crippen LogP contribution in [0.3, 0.4) is 0 Å². The molecule has 2 aromatic carbocycles. The van der Waals surface area contributed by atoms with Gasteiger partial charge in [0.2, 0.25) is 5.91 Å². The highest BCUT2D eigenvalue weighted by atomic mass is 16.6. The number of alkyl carbamates (subject to hydrolysis) is 1.